The summed E-state index contributed by atoms with van der Waals surface area (Å²) in [6.07, 6.45) is 3.37. The number of aromatic nitrogens is 3. The first kappa shape index (κ1) is 17.1. The Morgan fingerprint density at radius 2 is 2.00 bits per heavy atom. The van der Waals surface area contributed by atoms with E-state index in [0.29, 0.717) is 28.1 Å². The number of pyridine rings is 1. The van der Waals surface area contributed by atoms with Gasteiger partial charge in [0.15, 0.2) is 0 Å². The Morgan fingerprint density at radius 1 is 1.15 bits per heavy atom. The first-order chi connectivity index (χ1) is 12.6. The van der Waals surface area contributed by atoms with Crippen LogP contribution in [-0.4, -0.2) is 28.0 Å². The monoisotopic (exact) mass is 344 g/mol. The summed E-state index contributed by atoms with van der Waals surface area (Å²) in [5.74, 6) is 5.88. The fourth-order valence-corrected chi connectivity index (χ4v) is 2.44. The molecule has 3 rings (SSSR count). The lowest BCUT2D eigenvalue weighted by atomic mass is 10.0. The molecule has 0 aliphatic heterocycles. The number of carbonyl (C=O) groups excluding carboxylic acids is 1. The molecule has 2 heterocycles. The molecular weight excluding hydrogens is 328 g/mol. The third kappa shape index (κ3) is 3.68. The van der Waals surface area contributed by atoms with Crippen LogP contribution in [0.25, 0.3) is 11.3 Å². The minimum absolute atomic E-state index is 0.146. The highest BCUT2D eigenvalue weighted by atomic mass is 16.5. The van der Waals surface area contributed by atoms with Crippen molar-refractivity contribution in [2.75, 3.05) is 12.8 Å². The van der Waals surface area contributed by atoms with Crippen LogP contribution in [-0.2, 0) is 4.74 Å². The first-order valence-electron chi connectivity index (χ1n) is 7.83. The van der Waals surface area contributed by atoms with Crippen molar-refractivity contribution in [2.24, 2.45) is 0 Å². The molecule has 0 radical (unpaired) electrons. The summed E-state index contributed by atoms with van der Waals surface area (Å²) in [5.41, 5.74) is 9.60. The van der Waals surface area contributed by atoms with E-state index in [1.54, 1.807) is 30.6 Å². The lowest BCUT2D eigenvalue weighted by Crippen LogP contribution is -2.04. The summed E-state index contributed by atoms with van der Waals surface area (Å²) in [6.45, 7) is 1.82. The zero-order valence-corrected chi connectivity index (χ0v) is 14.4. The van der Waals surface area contributed by atoms with Gasteiger partial charge in [-0.2, -0.15) is 0 Å². The second-order valence-electron chi connectivity index (χ2n) is 5.45. The molecule has 2 aromatic heterocycles. The molecule has 0 saturated heterocycles. The van der Waals surface area contributed by atoms with Gasteiger partial charge in [0, 0.05) is 23.5 Å². The average Bonchev–Trinajstić information content (AvgIpc) is 2.67. The van der Waals surface area contributed by atoms with Crippen LogP contribution in [0.3, 0.4) is 0 Å². The lowest BCUT2D eigenvalue weighted by molar-refractivity contribution is 0.0601. The number of nitrogens with two attached hydrogens (primary N) is 1. The number of hydrogen-bond donors (Lipinski definition) is 1. The summed E-state index contributed by atoms with van der Waals surface area (Å²) in [5, 5.41) is 0. The number of nitrogens with zero attached hydrogens (tertiary/aromatic N) is 3. The van der Waals surface area contributed by atoms with Gasteiger partial charge in [-0.1, -0.05) is 24.0 Å². The summed E-state index contributed by atoms with van der Waals surface area (Å²) in [6, 6.07) is 10.6. The molecule has 0 fully saturated rings. The van der Waals surface area contributed by atoms with Crippen LogP contribution >= 0.6 is 0 Å². The fourth-order valence-electron chi connectivity index (χ4n) is 2.44. The lowest BCUT2D eigenvalue weighted by Gasteiger charge is -2.09. The van der Waals surface area contributed by atoms with Gasteiger partial charge in [-0.15, -0.1) is 0 Å². The van der Waals surface area contributed by atoms with Crippen molar-refractivity contribution in [3.63, 3.8) is 0 Å². The zero-order chi connectivity index (χ0) is 18.5. The number of rotatable bonds is 2. The molecule has 2 N–H and O–H groups in total. The van der Waals surface area contributed by atoms with Crippen LogP contribution < -0.4 is 5.73 Å². The standard InChI is InChI=1S/C20H16N4O2/c1-13-17(9-8-14-5-4-10-22-12-14)18(24-20(21)23-13)15-6-3-7-16(11-15)19(25)26-2/h3-7,10-12H,1-2H3,(H2,21,23,24). The number of nitrogen functional groups attached to an aromatic ring is 1. The molecule has 26 heavy (non-hydrogen) atoms. The molecule has 128 valence electrons. The Hall–Kier alpha value is -3.72. The maximum atomic E-state index is 11.8. The average molecular weight is 344 g/mol. The van der Waals surface area contributed by atoms with E-state index in [4.69, 9.17) is 10.5 Å². The summed E-state index contributed by atoms with van der Waals surface area (Å²) in [4.78, 5) is 24.4. The number of esters is 1. The van der Waals surface area contributed by atoms with Crippen LogP contribution in [0.1, 0.15) is 27.2 Å². The van der Waals surface area contributed by atoms with E-state index < -0.39 is 5.97 Å². The molecule has 0 spiro atoms. The Morgan fingerprint density at radius 3 is 2.73 bits per heavy atom. The third-order valence-electron chi connectivity index (χ3n) is 3.66. The van der Waals surface area contributed by atoms with Gasteiger partial charge in [-0.25, -0.2) is 14.8 Å². The van der Waals surface area contributed by atoms with Crippen LogP contribution in [0.5, 0.6) is 0 Å². The van der Waals surface area contributed by atoms with Gasteiger partial charge >= 0.3 is 5.97 Å². The highest BCUT2D eigenvalue weighted by molar-refractivity contribution is 5.91. The number of hydrogen-bond acceptors (Lipinski definition) is 6. The number of benzene rings is 1. The third-order valence-corrected chi connectivity index (χ3v) is 3.66. The highest BCUT2D eigenvalue weighted by Crippen LogP contribution is 2.25. The van der Waals surface area contributed by atoms with Gasteiger partial charge in [0.05, 0.1) is 29.6 Å². The molecule has 0 saturated carbocycles. The maximum absolute atomic E-state index is 11.8. The molecule has 6 nitrogen and oxygen atoms in total. The van der Waals surface area contributed by atoms with E-state index >= 15 is 0 Å². The quantitative estimate of drug-likeness (QED) is 0.568. The zero-order valence-electron chi connectivity index (χ0n) is 14.4. The van der Waals surface area contributed by atoms with E-state index in [1.807, 2.05) is 25.1 Å². The number of ether oxygens (including phenoxy) is 1. The van der Waals surface area contributed by atoms with Gasteiger partial charge in [0.25, 0.3) is 0 Å². The van der Waals surface area contributed by atoms with Crippen LogP contribution in [0.15, 0.2) is 48.8 Å². The van der Waals surface area contributed by atoms with Crippen molar-refractivity contribution in [1.29, 1.82) is 0 Å². The number of anilines is 1. The number of methoxy groups -OCH3 is 1. The van der Waals surface area contributed by atoms with E-state index in [0.717, 1.165) is 5.56 Å². The molecule has 6 heteroatoms. The predicted molar refractivity (Wildman–Crippen MR) is 98.2 cm³/mol. The van der Waals surface area contributed by atoms with Crippen molar-refractivity contribution >= 4 is 11.9 Å². The topological polar surface area (TPSA) is 91.0 Å². The number of carbonyl (C=O) groups is 1. The summed E-state index contributed by atoms with van der Waals surface area (Å²) >= 11 is 0. The highest BCUT2D eigenvalue weighted by Gasteiger charge is 2.13. The van der Waals surface area contributed by atoms with E-state index in [1.165, 1.54) is 7.11 Å². The Kier molecular flexibility index (Phi) is 4.90. The second-order valence-corrected chi connectivity index (χ2v) is 5.45. The van der Waals surface area contributed by atoms with Gasteiger partial charge in [-0.05, 0) is 31.2 Å². The minimum atomic E-state index is -0.423. The van der Waals surface area contributed by atoms with Gasteiger partial charge < -0.3 is 10.5 Å². The second kappa shape index (κ2) is 7.45. The predicted octanol–water partition coefficient (Wildman–Crippen LogP) is 2.62. The molecule has 1 aromatic carbocycles. The Bertz CT molecular complexity index is 1020. The molecule has 3 aromatic rings. The van der Waals surface area contributed by atoms with E-state index in [-0.39, 0.29) is 5.95 Å². The van der Waals surface area contributed by atoms with E-state index in [2.05, 4.69) is 26.8 Å². The van der Waals surface area contributed by atoms with Gasteiger partial charge in [0.1, 0.15) is 0 Å². The van der Waals surface area contributed by atoms with Crippen LogP contribution in [0.4, 0.5) is 5.95 Å². The molecule has 0 atom stereocenters. The van der Waals surface area contributed by atoms with Gasteiger partial charge in [-0.3, -0.25) is 4.98 Å². The molecule has 0 aliphatic rings. The van der Waals surface area contributed by atoms with E-state index in [9.17, 15) is 4.79 Å². The molecule has 0 bridgehead atoms. The molecule has 0 amide bonds. The van der Waals surface area contributed by atoms with Crippen molar-refractivity contribution in [1.82, 2.24) is 15.0 Å². The fraction of sp³-hybridized carbons (Fsp3) is 0.100. The largest absolute Gasteiger partial charge is 0.465 e. The molecule has 0 aliphatic carbocycles. The van der Waals surface area contributed by atoms with Crippen molar-refractivity contribution in [3.05, 3.63) is 71.2 Å². The van der Waals surface area contributed by atoms with Gasteiger partial charge in [0.2, 0.25) is 5.95 Å². The summed E-state index contributed by atoms with van der Waals surface area (Å²) in [7, 11) is 1.34. The Labute approximate surface area is 151 Å². The number of aryl methyl sites for hydroxylation is 1. The van der Waals surface area contributed by atoms with Crippen molar-refractivity contribution in [2.45, 2.75) is 6.92 Å². The molecular formula is C20H16N4O2. The van der Waals surface area contributed by atoms with Crippen LogP contribution in [0, 0.1) is 18.8 Å². The molecule has 0 unspecified atom stereocenters. The Balaban J connectivity index is 2.13. The first-order valence-corrected chi connectivity index (χ1v) is 7.83. The summed E-state index contributed by atoms with van der Waals surface area (Å²) < 4.78 is 4.78. The normalized spacial score (nSPS) is 9.92. The van der Waals surface area contributed by atoms with Crippen molar-refractivity contribution in [3.8, 4) is 23.1 Å². The SMILES string of the molecule is COC(=O)c1cccc(-c2nc(N)nc(C)c2C#Cc2cccnc2)c1. The minimum Gasteiger partial charge on any atom is -0.465 e. The van der Waals surface area contributed by atoms with Crippen molar-refractivity contribution < 1.29 is 9.53 Å². The van der Waals surface area contributed by atoms with Crippen LogP contribution in [0.2, 0.25) is 0 Å². The smallest absolute Gasteiger partial charge is 0.337 e. The maximum Gasteiger partial charge on any atom is 0.337 e.